The van der Waals surface area contributed by atoms with E-state index in [9.17, 15) is 19.5 Å². The molecule has 1 spiro atoms. The van der Waals surface area contributed by atoms with Gasteiger partial charge in [-0.3, -0.25) is 9.59 Å². The zero-order valence-electron chi connectivity index (χ0n) is 20.0. The number of ether oxygens (including phenoxy) is 1. The van der Waals surface area contributed by atoms with Crippen LogP contribution in [0.25, 0.3) is 11.1 Å². The van der Waals surface area contributed by atoms with E-state index in [-0.39, 0.29) is 42.9 Å². The molecule has 3 aliphatic rings. The number of rotatable bonds is 9. The van der Waals surface area contributed by atoms with Crippen LogP contribution in [0.1, 0.15) is 62.5 Å². The van der Waals surface area contributed by atoms with Crippen molar-refractivity contribution in [2.24, 2.45) is 10.8 Å². The van der Waals surface area contributed by atoms with Gasteiger partial charge in [0.05, 0.1) is 5.41 Å². The summed E-state index contributed by atoms with van der Waals surface area (Å²) in [7, 11) is 0. The van der Waals surface area contributed by atoms with Crippen molar-refractivity contribution in [2.75, 3.05) is 13.2 Å². The Hall–Kier alpha value is -3.35. The molecule has 0 radical (unpaired) electrons. The summed E-state index contributed by atoms with van der Waals surface area (Å²) in [6.45, 7) is 2.26. The van der Waals surface area contributed by atoms with E-state index in [0.29, 0.717) is 12.8 Å². The number of carbonyl (C=O) groups is 3. The molecule has 2 aromatic carbocycles. The van der Waals surface area contributed by atoms with Gasteiger partial charge in [-0.05, 0) is 53.4 Å². The van der Waals surface area contributed by atoms with Gasteiger partial charge in [0.1, 0.15) is 6.61 Å². The number of carboxylic acid groups (broad SMARTS) is 1. The van der Waals surface area contributed by atoms with E-state index >= 15 is 0 Å². The van der Waals surface area contributed by atoms with E-state index in [2.05, 4.69) is 34.9 Å². The van der Waals surface area contributed by atoms with Gasteiger partial charge < -0.3 is 20.5 Å². The van der Waals surface area contributed by atoms with Crippen LogP contribution in [-0.4, -0.2) is 42.3 Å². The van der Waals surface area contributed by atoms with Gasteiger partial charge in [-0.1, -0.05) is 61.9 Å². The second kappa shape index (κ2) is 9.02. The minimum Gasteiger partial charge on any atom is -0.481 e. The van der Waals surface area contributed by atoms with Crippen molar-refractivity contribution < 1.29 is 24.2 Å². The Bertz CT molecular complexity index is 1110. The topological polar surface area (TPSA) is 105 Å². The normalized spacial score (nSPS) is 21.9. The molecule has 3 N–H and O–H groups in total. The van der Waals surface area contributed by atoms with E-state index < -0.39 is 17.5 Å². The maximum Gasteiger partial charge on any atom is 0.407 e. The minimum absolute atomic E-state index is 0.0268. The number of hydrogen-bond acceptors (Lipinski definition) is 4. The first kappa shape index (κ1) is 23.4. The van der Waals surface area contributed by atoms with E-state index in [1.165, 1.54) is 11.1 Å². The predicted octanol–water partition coefficient (Wildman–Crippen LogP) is 4.46. The zero-order chi connectivity index (χ0) is 24.6. The molecule has 1 unspecified atom stereocenters. The molecular weight excluding hydrogens is 444 g/mol. The summed E-state index contributed by atoms with van der Waals surface area (Å²) < 4.78 is 5.60. The van der Waals surface area contributed by atoms with Crippen LogP contribution in [0.2, 0.25) is 0 Å². The van der Waals surface area contributed by atoms with Crippen LogP contribution in [0.5, 0.6) is 0 Å². The fraction of sp³-hybridized carbons (Fsp3) is 0.464. The Kier molecular flexibility index (Phi) is 6.03. The van der Waals surface area contributed by atoms with Crippen molar-refractivity contribution in [3.05, 3.63) is 59.7 Å². The molecule has 0 heterocycles. The Morgan fingerprint density at radius 3 is 2.20 bits per heavy atom. The number of amides is 2. The van der Waals surface area contributed by atoms with Gasteiger partial charge in [0.25, 0.3) is 0 Å². The summed E-state index contributed by atoms with van der Waals surface area (Å²) in [5.41, 5.74) is 3.69. The number of alkyl carbamates (subject to hydrolysis) is 1. The predicted molar refractivity (Wildman–Crippen MR) is 131 cm³/mol. The molecule has 0 bridgehead atoms. The summed E-state index contributed by atoms with van der Waals surface area (Å²) >= 11 is 0. The lowest BCUT2D eigenvalue weighted by Crippen LogP contribution is -2.43. The molecule has 2 amide bonds. The average Bonchev–Trinajstić information content (AvgIpc) is 3.46. The fourth-order valence-electron chi connectivity index (χ4n) is 6.07. The van der Waals surface area contributed by atoms with Gasteiger partial charge in [0, 0.05) is 24.9 Å². The third-order valence-electron chi connectivity index (χ3n) is 8.43. The molecule has 7 nitrogen and oxygen atoms in total. The molecule has 2 fully saturated rings. The van der Waals surface area contributed by atoms with Crippen LogP contribution >= 0.6 is 0 Å². The minimum atomic E-state index is -0.818. The molecule has 5 rings (SSSR count). The molecule has 35 heavy (non-hydrogen) atoms. The van der Waals surface area contributed by atoms with Gasteiger partial charge in [-0.25, -0.2) is 4.79 Å². The van der Waals surface area contributed by atoms with Crippen molar-refractivity contribution in [1.29, 1.82) is 0 Å². The fourth-order valence-corrected chi connectivity index (χ4v) is 6.07. The summed E-state index contributed by atoms with van der Waals surface area (Å²) in [4.78, 5) is 37.0. The maximum absolute atomic E-state index is 12.6. The first-order chi connectivity index (χ1) is 16.9. The molecule has 7 heteroatoms. The lowest BCUT2D eigenvalue weighted by Gasteiger charge is -2.31. The van der Waals surface area contributed by atoms with Crippen molar-refractivity contribution in [3.63, 3.8) is 0 Å². The first-order valence-electron chi connectivity index (χ1n) is 12.5. The second-order valence-corrected chi connectivity index (χ2v) is 10.3. The number of hydrogen-bond donors (Lipinski definition) is 3. The highest BCUT2D eigenvalue weighted by molar-refractivity contribution is 5.83. The van der Waals surface area contributed by atoms with Crippen LogP contribution in [0, 0.1) is 10.8 Å². The highest BCUT2D eigenvalue weighted by Crippen LogP contribution is 2.73. The number of fused-ring (bicyclic) bond motifs is 3. The standard InChI is InChI=1S/C28H32N2O5/c1-2-18(14-24(31)29-17-28(25(32)33)16-27(28)12-7-13-27)30-26(34)35-15-23-21-10-5-3-8-19(21)20-9-4-6-11-22(20)23/h3-6,8-11,18,23H,2,7,12-17H2,1H3,(H,29,31)(H,30,34)(H,32,33)/t18-,28?/m1/s1. The SMILES string of the molecule is CC[C@H](CC(=O)NCC1(C(=O)O)CC12CCC2)NC(=O)OCC1c2ccccc2-c2ccccc21. The van der Waals surface area contributed by atoms with E-state index in [1.807, 2.05) is 31.2 Å². The first-order valence-corrected chi connectivity index (χ1v) is 12.5. The number of benzene rings is 2. The van der Waals surface area contributed by atoms with E-state index in [0.717, 1.165) is 30.4 Å². The van der Waals surface area contributed by atoms with Crippen molar-refractivity contribution in [2.45, 2.75) is 57.4 Å². The Morgan fingerprint density at radius 2 is 1.69 bits per heavy atom. The largest absolute Gasteiger partial charge is 0.481 e. The van der Waals surface area contributed by atoms with Gasteiger partial charge >= 0.3 is 12.1 Å². The Balaban J connectivity index is 1.13. The van der Waals surface area contributed by atoms with Crippen LogP contribution in [0.15, 0.2) is 48.5 Å². The molecule has 0 aromatic heterocycles. The van der Waals surface area contributed by atoms with Crippen molar-refractivity contribution in [1.82, 2.24) is 10.6 Å². The molecule has 3 aliphatic carbocycles. The molecule has 0 aliphatic heterocycles. The van der Waals surface area contributed by atoms with E-state index in [4.69, 9.17) is 4.74 Å². The highest BCUT2D eigenvalue weighted by Gasteiger charge is 2.73. The number of aliphatic carboxylic acids is 1. The molecule has 2 saturated carbocycles. The van der Waals surface area contributed by atoms with Gasteiger partial charge in [-0.2, -0.15) is 0 Å². The van der Waals surface area contributed by atoms with Gasteiger partial charge in [0.15, 0.2) is 0 Å². The third kappa shape index (κ3) is 4.07. The Morgan fingerprint density at radius 1 is 1.06 bits per heavy atom. The van der Waals surface area contributed by atoms with E-state index in [1.54, 1.807) is 0 Å². The smallest absolute Gasteiger partial charge is 0.407 e. The Labute approximate surface area is 205 Å². The van der Waals surface area contributed by atoms with Crippen LogP contribution in [0.3, 0.4) is 0 Å². The quantitative estimate of drug-likeness (QED) is 0.496. The second-order valence-electron chi connectivity index (χ2n) is 10.3. The van der Waals surface area contributed by atoms with Crippen molar-refractivity contribution >= 4 is 18.0 Å². The monoisotopic (exact) mass is 476 g/mol. The van der Waals surface area contributed by atoms with Gasteiger partial charge in [0.2, 0.25) is 5.91 Å². The third-order valence-corrected chi connectivity index (χ3v) is 8.43. The molecule has 0 saturated heterocycles. The number of carbonyl (C=O) groups excluding carboxylic acids is 2. The summed E-state index contributed by atoms with van der Waals surface area (Å²) in [5, 5.41) is 15.3. The van der Waals surface area contributed by atoms with Crippen LogP contribution in [0.4, 0.5) is 4.79 Å². The van der Waals surface area contributed by atoms with Crippen molar-refractivity contribution in [3.8, 4) is 11.1 Å². The van der Waals surface area contributed by atoms with Crippen LogP contribution < -0.4 is 10.6 Å². The summed E-state index contributed by atoms with van der Waals surface area (Å²) in [6.07, 6.45) is 3.65. The van der Waals surface area contributed by atoms with Gasteiger partial charge in [-0.15, -0.1) is 0 Å². The lowest BCUT2D eigenvalue weighted by molar-refractivity contribution is -0.145. The molecular formula is C28H32N2O5. The molecule has 184 valence electrons. The zero-order valence-corrected chi connectivity index (χ0v) is 20.0. The average molecular weight is 477 g/mol. The highest BCUT2D eigenvalue weighted by atomic mass is 16.5. The summed E-state index contributed by atoms with van der Waals surface area (Å²) in [5.74, 6) is -1.10. The number of nitrogens with one attached hydrogen (secondary N) is 2. The lowest BCUT2D eigenvalue weighted by atomic mass is 9.75. The molecule has 2 aromatic rings. The van der Waals surface area contributed by atoms with Crippen LogP contribution in [-0.2, 0) is 14.3 Å². The molecule has 2 atom stereocenters. The maximum atomic E-state index is 12.6. The number of carboxylic acids is 1. The summed E-state index contributed by atoms with van der Waals surface area (Å²) in [6, 6.07) is 15.9.